The van der Waals surface area contributed by atoms with Crippen LogP contribution in [-0.2, 0) is 11.2 Å². The highest BCUT2D eigenvalue weighted by atomic mass is 35.5. The van der Waals surface area contributed by atoms with E-state index in [-0.39, 0.29) is 0 Å². The molecule has 5 heteroatoms. The Kier molecular flexibility index (Phi) is 4.39. The van der Waals surface area contributed by atoms with Gasteiger partial charge < -0.3 is 9.84 Å². The fourth-order valence-corrected chi connectivity index (χ4v) is 1.34. The number of methoxy groups -OCH3 is 1. The van der Waals surface area contributed by atoms with Gasteiger partial charge in [-0.2, -0.15) is 0 Å². The van der Waals surface area contributed by atoms with Gasteiger partial charge in [0, 0.05) is 0 Å². The van der Waals surface area contributed by atoms with E-state index in [4.69, 9.17) is 21.6 Å². The molecule has 0 fully saturated rings. The van der Waals surface area contributed by atoms with Gasteiger partial charge in [-0.25, -0.2) is 4.84 Å². The van der Waals surface area contributed by atoms with Crippen molar-refractivity contribution in [1.82, 2.24) is 4.84 Å². The standard InChI is InChI=1S/C10H12ClNO3/c1-15-8-4-2-7(3-5-8)6-9(12-11)10(13)14/h2-5,9,12H,6H2,1H3,(H,13,14)/t9-/m0/s1. The topological polar surface area (TPSA) is 58.6 Å². The van der Waals surface area contributed by atoms with Crippen molar-refractivity contribution in [1.29, 1.82) is 0 Å². The van der Waals surface area contributed by atoms with Gasteiger partial charge in [0.1, 0.15) is 11.8 Å². The van der Waals surface area contributed by atoms with Crippen molar-refractivity contribution in [3.63, 3.8) is 0 Å². The fraction of sp³-hybridized carbons (Fsp3) is 0.300. The van der Waals surface area contributed by atoms with Crippen LogP contribution in [0.25, 0.3) is 0 Å². The molecule has 0 aliphatic rings. The Morgan fingerprint density at radius 1 is 1.53 bits per heavy atom. The van der Waals surface area contributed by atoms with Gasteiger partial charge in [0.2, 0.25) is 0 Å². The second-order valence-corrected chi connectivity index (χ2v) is 3.27. The molecule has 0 amide bonds. The summed E-state index contributed by atoms with van der Waals surface area (Å²) < 4.78 is 4.99. The number of rotatable bonds is 5. The molecule has 0 heterocycles. The first-order valence-electron chi connectivity index (χ1n) is 4.39. The number of carboxylic acid groups (broad SMARTS) is 1. The second-order valence-electron chi connectivity index (χ2n) is 3.05. The largest absolute Gasteiger partial charge is 0.497 e. The molecule has 0 saturated carbocycles. The average molecular weight is 230 g/mol. The van der Waals surface area contributed by atoms with Gasteiger partial charge in [0.25, 0.3) is 0 Å². The van der Waals surface area contributed by atoms with Crippen molar-refractivity contribution in [2.75, 3.05) is 7.11 Å². The van der Waals surface area contributed by atoms with Crippen molar-refractivity contribution in [3.05, 3.63) is 29.8 Å². The molecule has 0 radical (unpaired) electrons. The summed E-state index contributed by atoms with van der Waals surface area (Å²) in [6, 6.07) is 6.40. The van der Waals surface area contributed by atoms with Gasteiger partial charge in [0.15, 0.2) is 0 Å². The number of carbonyl (C=O) groups is 1. The Labute approximate surface area is 92.9 Å². The molecule has 0 aliphatic heterocycles. The summed E-state index contributed by atoms with van der Waals surface area (Å²) in [6.07, 6.45) is 0.336. The van der Waals surface area contributed by atoms with Gasteiger partial charge in [-0.1, -0.05) is 12.1 Å². The predicted molar refractivity (Wildman–Crippen MR) is 57.1 cm³/mol. The van der Waals surface area contributed by atoms with Gasteiger partial charge in [-0.15, -0.1) is 0 Å². The maximum absolute atomic E-state index is 10.7. The summed E-state index contributed by atoms with van der Waals surface area (Å²) in [4.78, 5) is 12.9. The quantitative estimate of drug-likeness (QED) is 0.750. The van der Waals surface area contributed by atoms with Crippen molar-refractivity contribution in [3.8, 4) is 5.75 Å². The second kappa shape index (κ2) is 5.58. The molecule has 0 spiro atoms. The van der Waals surface area contributed by atoms with Crippen molar-refractivity contribution >= 4 is 17.7 Å². The monoisotopic (exact) mass is 229 g/mol. The molecule has 4 nitrogen and oxygen atoms in total. The molecule has 1 atom stereocenters. The Morgan fingerprint density at radius 3 is 2.53 bits per heavy atom. The van der Waals surface area contributed by atoms with E-state index in [2.05, 4.69) is 4.84 Å². The zero-order chi connectivity index (χ0) is 11.3. The van der Waals surface area contributed by atoms with E-state index < -0.39 is 12.0 Å². The van der Waals surface area contributed by atoms with Crippen LogP contribution in [0.3, 0.4) is 0 Å². The minimum absolute atomic E-state index is 0.336. The number of benzene rings is 1. The van der Waals surface area contributed by atoms with Gasteiger partial charge in [0.05, 0.1) is 7.11 Å². The van der Waals surface area contributed by atoms with E-state index in [1.54, 1.807) is 19.2 Å². The van der Waals surface area contributed by atoms with E-state index in [9.17, 15) is 4.79 Å². The minimum Gasteiger partial charge on any atom is -0.497 e. The van der Waals surface area contributed by atoms with E-state index in [0.29, 0.717) is 6.42 Å². The number of hydrogen-bond donors (Lipinski definition) is 2. The Morgan fingerprint density at radius 2 is 2.13 bits per heavy atom. The molecule has 2 N–H and O–H groups in total. The smallest absolute Gasteiger partial charge is 0.322 e. The zero-order valence-corrected chi connectivity index (χ0v) is 8.99. The molecule has 0 unspecified atom stereocenters. The molecule has 0 aliphatic carbocycles. The third-order valence-electron chi connectivity index (χ3n) is 2.03. The number of halogens is 1. The summed E-state index contributed by atoms with van der Waals surface area (Å²) in [5.74, 6) is -0.231. The summed E-state index contributed by atoms with van der Waals surface area (Å²) in [6.45, 7) is 0. The number of hydrogen-bond acceptors (Lipinski definition) is 3. The lowest BCUT2D eigenvalue weighted by molar-refractivity contribution is -0.138. The molecule has 0 saturated heterocycles. The Balaban J connectivity index is 2.67. The first-order valence-corrected chi connectivity index (χ1v) is 4.77. The highest BCUT2D eigenvalue weighted by molar-refractivity contribution is 6.14. The number of nitrogens with one attached hydrogen (secondary N) is 1. The minimum atomic E-state index is -0.971. The van der Waals surface area contributed by atoms with Crippen molar-refractivity contribution < 1.29 is 14.6 Å². The van der Waals surface area contributed by atoms with E-state index in [0.717, 1.165) is 11.3 Å². The molecule has 1 aromatic carbocycles. The normalized spacial score (nSPS) is 12.1. The van der Waals surface area contributed by atoms with Crippen molar-refractivity contribution in [2.45, 2.75) is 12.5 Å². The van der Waals surface area contributed by atoms with Gasteiger partial charge in [-0.05, 0) is 35.9 Å². The number of aliphatic carboxylic acids is 1. The fourth-order valence-electron chi connectivity index (χ4n) is 1.17. The van der Waals surface area contributed by atoms with Crippen LogP contribution in [0, 0.1) is 0 Å². The molecular weight excluding hydrogens is 218 g/mol. The zero-order valence-electron chi connectivity index (χ0n) is 8.24. The summed E-state index contributed by atoms with van der Waals surface area (Å²) in [7, 11) is 1.58. The van der Waals surface area contributed by atoms with E-state index in [1.165, 1.54) is 0 Å². The van der Waals surface area contributed by atoms with Crippen molar-refractivity contribution in [2.24, 2.45) is 0 Å². The Bertz CT molecular complexity index is 326. The highest BCUT2D eigenvalue weighted by Gasteiger charge is 2.16. The maximum atomic E-state index is 10.7. The molecule has 0 aromatic heterocycles. The lowest BCUT2D eigenvalue weighted by atomic mass is 10.1. The van der Waals surface area contributed by atoms with Crippen LogP contribution < -0.4 is 9.57 Å². The molecule has 0 bridgehead atoms. The van der Waals surface area contributed by atoms with Crippen LogP contribution in [0.1, 0.15) is 5.56 Å². The first-order chi connectivity index (χ1) is 7.17. The molecule has 15 heavy (non-hydrogen) atoms. The highest BCUT2D eigenvalue weighted by Crippen LogP contribution is 2.12. The van der Waals surface area contributed by atoms with Crippen LogP contribution in [0.5, 0.6) is 5.75 Å². The number of carboxylic acids is 1. The van der Waals surface area contributed by atoms with Crippen LogP contribution in [-0.4, -0.2) is 24.2 Å². The molecule has 82 valence electrons. The van der Waals surface area contributed by atoms with Crippen LogP contribution >= 0.6 is 11.8 Å². The molecular formula is C10H12ClNO3. The maximum Gasteiger partial charge on any atom is 0.322 e. The third kappa shape index (κ3) is 3.42. The number of ether oxygens (including phenoxy) is 1. The predicted octanol–water partition coefficient (Wildman–Crippen LogP) is 1.43. The van der Waals surface area contributed by atoms with Crippen LogP contribution in [0.2, 0.25) is 0 Å². The van der Waals surface area contributed by atoms with Crippen LogP contribution in [0.15, 0.2) is 24.3 Å². The SMILES string of the molecule is COc1ccc(C[C@H](NCl)C(=O)O)cc1. The van der Waals surface area contributed by atoms with E-state index in [1.807, 2.05) is 12.1 Å². The van der Waals surface area contributed by atoms with E-state index >= 15 is 0 Å². The third-order valence-corrected chi connectivity index (χ3v) is 2.29. The van der Waals surface area contributed by atoms with Crippen LogP contribution in [0.4, 0.5) is 0 Å². The first kappa shape index (κ1) is 11.8. The molecule has 1 aromatic rings. The average Bonchev–Trinajstić information content (AvgIpc) is 2.26. The summed E-state index contributed by atoms with van der Waals surface area (Å²) >= 11 is 5.32. The molecule has 1 rings (SSSR count). The lowest BCUT2D eigenvalue weighted by Crippen LogP contribution is -2.32. The van der Waals surface area contributed by atoms with Gasteiger partial charge >= 0.3 is 5.97 Å². The Hall–Kier alpha value is -1.26. The summed E-state index contributed by atoms with van der Waals surface area (Å²) in [5.41, 5.74) is 0.886. The van der Waals surface area contributed by atoms with Gasteiger partial charge in [-0.3, -0.25) is 4.79 Å². The lowest BCUT2D eigenvalue weighted by Gasteiger charge is -2.09. The summed E-state index contributed by atoms with van der Waals surface area (Å²) in [5, 5.41) is 8.76.